The minimum absolute atomic E-state index is 0.0358. The van der Waals surface area contributed by atoms with Crippen LogP contribution in [0.2, 0.25) is 0 Å². The Kier molecular flexibility index (Phi) is 8.56. The molecule has 2 fully saturated rings. The van der Waals surface area contributed by atoms with Crippen molar-refractivity contribution in [3.8, 4) is 0 Å². The molecule has 1 aromatic rings. The van der Waals surface area contributed by atoms with E-state index in [0.717, 1.165) is 12.8 Å². The second kappa shape index (κ2) is 11.0. The van der Waals surface area contributed by atoms with Crippen molar-refractivity contribution in [2.24, 2.45) is 5.73 Å². The highest BCUT2D eigenvalue weighted by atomic mass is 16.7. The van der Waals surface area contributed by atoms with Crippen molar-refractivity contribution in [1.82, 2.24) is 10.2 Å². The minimum atomic E-state index is -0.931. The minimum Gasteiger partial charge on any atom is -0.402 e. The summed E-state index contributed by atoms with van der Waals surface area (Å²) in [7, 11) is -0.586. The Balaban J connectivity index is 1.61. The molecule has 2 heterocycles. The first-order valence-electron chi connectivity index (χ1n) is 11.9. The number of morpholine rings is 1. The van der Waals surface area contributed by atoms with Crippen LogP contribution in [-0.2, 0) is 30.1 Å². The number of nitrogens with one attached hydrogen (secondary N) is 1. The summed E-state index contributed by atoms with van der Waals surface area (Å²) in [4.78, 5) is 27.2. The molecule has 3 rings (SSSR count). The first-order chi connectivity index (χ1) is 15.6. The zero-order valence-electron chi connectivity index (χ0n) is 20.3. The van der Waals surface area contributed by atoms with Crippen LogP contribution in [0.4, 0.5) is 0 Å². The molecule has 0 unspecified atom stereocenters. The number of ether oxygens (including phenoxy) is 1. The van der Waals surface area contributed by atoms with E-state index in [4.69, 9.17) is 19.8 Å². The van der Waals surface area contributed by atoms with Gasteiger partial charge in [-0.1, -0.05) is 30.3 Å². The third-order valence-corrected chi connectivity index (χ3v) is 6.85. The normalized spacial score (nSPS) is 21.5. The molecule has 0 spiro atoms. The lowest BCUT2D eigenvalue weighted by Crippen LogP contribution is -2.54. The van der Waals surface area contributed by atoms with Crippen molar-refractivity contribution >= 4 is 18.9 Å². The molecule has 182 valence electrons. The number of amides is 2. The van der Waals surface area contributed by atoms with Crippen molar-refractivity contribution < 1.29 is 23.6 Å². The summed E-state index contributed by atoms with van der Waals surface area (Å²) >= 11 is 0. The van der Waals surface area contributed by atoms with E-state index in [0.29, 0.717) is 32.7 Å². The Morgan fingerprint density at radius 3 is 2.30 bits per heavy atom. The summed E-state index contributed by atoms with van der Waals surface area (Å²) < 4.78 is 17.7. The fourth-order valence-corrected chi connectivity index (χ4v) is 4.01. The van der Waals surface area contributed by atoms with E-state index < -0.39 is 24.4 Å². The smallest absolute Gasteiger partial charge is 0.402 e. The standard InChI is InChI=1S/C24H38BN3O5/c1-23(2)24(3,4)33-25(32-23)20(12-8-11-18-9-6-5-7-10-18)27-22(30)19(26)17-21(29)28-13-15-31-16-14-28/h5-7,9-10,19-20H,8,11-17,26H2,1-4H3,(H,27,30)/t19-,20-/m1/s1. The first-order valence-corrected chi connectivity index (χ1v) is 11.9. The first kappa shape index (κ1) is 25.7. The predicted molar refractivity (Wildman–Crippen MR) is 127 cm³/mol. The zero-order chi connectivity index (χ0) is 24.1. The number of carbonyl (C=O) groups is 2. The van der Waals surface area contributed by atoms with Crippen LogP contribution in [0, 0.1) is 0 Å². The Morgan fingerprint density at radius 2 is 1.70 bits per heavy atom. The second-order valence-corrected chi connectivity index (χ2v) is 9.92. The zero-order valence-corrected chi connectivity index (χ0v) is 20.3. The van der Waals surface area contributed by atoms with E-state index in [-0.39, 0.29) is 24.2 Å². The molecule has 2 aliphatic rings. The Hall–Kier alpha value is -1.94. The van der Waals surface area contributed by atoms with Crippen molar-refractivity contribution in [3.05, 3.63) is 35.9 Å². The largest absolute Gasteiger partial charge is 0.481 e. The maximum atomic E-state index is 12.9. The lowest BCUT2D eigenvalue weighted by atomic mass is 9.75. The van der Waals surface area contributed by atoms with E-state index in [2.05, 4.69) is 17.4 Å². The van der Waals surface area contributed by atoms with Gasteiger partial charge in [-0.25, -0.2) is 0 Å². The van der Waals surface area contributed by atoms with E-state index in [1.807, 2.05) is 45.9 Å². The summed E-state index contributed by atoms with van der Waals surface area (Å²) in [6, 6.07) is 9.29. The van der Waals surface area contributed by atoms with Crippen molar-refractivity contribution in [2.75, 3.05) is 26.3 Å². The van der Waals surface area contributed by atoms with Crippen LogP contribution < -0.4 is 11.1 Å². The summed E-state index contributed by atoms with van der Waals surface area (Å²) in [5.74, 6) is -0.861. The number of nitrogens with zero attached hydrogens (tertiary/aromatic N) is 1. The third kappa shape index (κ3) is 6.79. The molecule has 9 heteroatoms. The molecular formula is C24H38BN3O5. The molecule has 0 aliphatic carbocycles. The maximum absolute atomic E-state index is 12.9. The third-order valence-electron chi connectivity index (χ3n) is 6.85. The number of aryl methyl sites for hydroxylation is 1. The number of hydrogen-bond donors (Lipinski definition) is 2. The predicted octanol–water partition coefficient (Wildman–Crippen LogP) is 1.70. The van der Waals surface area contributed by atoms with Gasteiger partial charge in [0.2, 0.25) is 11.8 Å². The van der Waals surface area contributed by atoms with Gasteiger partial charge in [-0.2, -0.15) is 0 Å². The summed E-state index contributed by atoms with van der Waals surface area (Å²) in [5, 5.41) is 3.02. The highest BCUT2D eigenvalue weighted by molar-refractivity contribution is 6.48. The fraction of sp³-hybridized carbons (Fsp3) is 0.667. The van der Waals surface area contributed by atoms with E-state index >= 15 is 0 Å². The molecule has 0 aromatic heterocycles. The molecule has 0 saturated carbocycles. The summed E-state index contributed by atoms with van der Waals surface area (Å²) in [6.07, 6.45) is 2.36. The molecule has 2 aliphatic heterocycles. The number of hydrogen-bond acceptors (Lipinski definition) is 6. The maximum Gasteiger partial charge on any atom is 0.481 e. The quantitative estimate of drug-likeness (QED) is 0.545. The molecular weight excluding hydrogens is 421 g/mol. The average Bonchev–Trinajstić information content (AvgIpc) is 3.01. The molecule has 3 N–H and O–H groups in total. The van der Waals surface area contributed by atoms with Gasteiger partial charge in [0.15, 0.2) is 0 Å². The van der Waals surface area contributed by atoms with E-state index in [1.165, 1.54) is 5.56 Å². The molecule has 0 radical (unpaired) electrons. The van der Waals surface area contributed by atoms with Gasteiger partial charge in [0.1, 0.15) is 0 Å². The molecule has 2 saturated heterocycles. The SMILES string of the molecule is CC1(C)OB([C@@H](CCCc2ccccc2)NC(=O)[C@H](N)CC(=O)N2CCOCC2)OC1(C)C. The van der Waals surface area contributed by atoms with Crippen molar-refractivity contribution in [3.63, 3.8) is 0 Å². The topological polar surface area (TPSA) is 103 Å². The molecule has 2 atom stereocenters. The van der Waals surface area contributed by atoms with Crippen LogP contribution in [0.25, 0.3) is 0 Å². The number of rotatable bonds is 9. The van der Waals surface area contributed by atoms with Crippen LogP contribution in [0.3, 0.4) is 0 Å². The van der Waals surface area contributed by atoms with E-state index in [1.54, 1.807) is 4.90 Å². The molecule has 2 amide bonds. The highest BCUT2D eigenvalue weighted by Crippen LogP contribution is 2.38. The molecule has 33 heavy (non-hydrogen) atoms. The fourth-order valence-electron chi connectivity index (χ4n) is 4.01. The Morgan fingerprint density at radius 1 is 1.09 bits per heavy atom. The molecule has 0 bridgehead atoms. The number of benzene rings is 1. The second-order valence-electron chi connectivity index (χ2n) is 9.92. The highest BCUT2D eigenvalue weighted by Gasteiger charge is 2.54. The lowest BCUT2D eigenvalue weighted by molar-refractivity contribution is -0.137. The van der Waals surface area contributed by atoms with Gasteiger partial charge in [0, 0.05) is 13.1 Å². The van der Waals surface area contributed by atoms with Gasteiger partial charge < -0.3 is 30.0 Å². The summed E-state index contributed by atoms with van der Waals surface area (Å²) in [5.41, 5.74) is 6.35. The Labute approximate surface area is 197 Å². The van der Waals surface area contributed by atoms with Gasteiger partial charge >= 0.3 is 7.12 Å². The molecule has 8 nitrogen and oxygen atoms in total. The number of carbonyl (C=O) groups excluding carboxylic acids is 2. The lowest BCUT2D eigenvalue weighted by Gasteiger charge is -2.32. The van der Waals surface area contributed by atoms with Gasteiger partial charge in [-0.15, -0.1) is 0 Å². The van der Waals surface area contributed by atoms with Crippen molar-refractivity contribution in [1.29, 1.82) is 0 Å². The van der Waals surface area contributed by atoms with Crippen LogP contribution in [-0.4, -0.2) is 73.3 Å². The van der Waals surface area contributed by atoms with Crippen LogP contribution >= 0.6 is 0 Å². The Bertz CT molecular complexity index is 783. The van der Waals surface area contributed by atoms with Gasteiger partial charge in [0.25, 0.3) is 0 Å². The summed E-state index contributed by atoms with van der Waals surface area (Å²) in [6.45, 7) is 10.0. The number of nitrogens with two attached hydrogens (primary N) is 1. The van der Waals surface area contributed by atoms with Gasteiger partial charge in [0.05, 0.1) is 42.8 Å². The van der Waals surface area contributed by atoms with E-state index in [9.17, 15) is 9.59 Å². The monoisotopic (exact) mass is 459 g/mol. The molecule has 1 aromatic carbocycles. The van der Waals surface area contributed by atoms with Crippen molar-refractivity contribution in [2.45, 2.75) is 76.6 Å². The van der Waals surface area contributed by atoms with Crippen LogP contribution in [0.5, 0.6) is 0 Å². The average molecular weight is 459 g/mol. The van der Waals surface area contributed by atoms with Gasteiger partial charge in [-0.3, -0.25) is 9.59 Å². The van der Waals surface area contributed by atoms with Crippen LogP contribution in [0.15, 0.2) is 30.3 Å². The van der Waals surface area contributed by atoms with Crippen LogP contribution in [0.1, 0.15) is 52.5 Å². The van der Waals surface area contributed by atoms with Gasteiger partial charge in [-0.05, 0) is 52.5 Å².